The average Bonchev–Trinajstić information content (AvgIpc) is 3.59. The molecule has 0 aliphatic carbocycles. The highest BCUT2D eigenvalue weighted by atomic mass is 35.5. The summed E-state index contributed by atoms with van der Waals surface area (Å²) in [7, 11) is 0. The van der Waals surface area contributed by atoms with Gasteiger partial charge in [-0.2, -0.15) is 0 Å². The number of nitrogens with zero attached hydrogens (tertiary/aromatic N) is 4. The lowest BCUT2D eigenvalue weighted by atomic mass is 9.92. The van der Waals surface area contributed by atoms with Crippen molar-refractivity contribution in [2.24, 2.45) is 0 Å². The minimum Gasteiger partial charge on any atom is -0.494 e. The zero-order chi connectivity index (χ0) is 25.9. The molecular formula is C29H26ClN5O3. The first-order valence-corrected chi connectivity index (χ1v) is 12.9. The van der Waals surface area contributed by atoms with Crippen molar-refractivity contribution in [3.05, 3.63) is 107 Å². The van der Waals surface area contributed by atoms with Crippen LogP contribution in [0.5, 0.6) is 11.5 Å². The third kappa shape index (κ3) is 4.95. The van der Waals surface area contributed by atoms with Gasteiger partial charge >= 0.3 is 6.09 Å². The van der Waals surface area contributed by atoms with Crippen LogP contribution in [0.3, 0.4) is 0 Å². The van der Waals surface area contributed by atoms with Gasteiger partial charge in [-0.15, -0.1) is 5.10 Å². The Labute approximate surface area is 224 Å². The van der Waals surface area contributed by atoms with Gasteiger partial charge in [-0.3, -0.25) is 9.58 Å². The zero-order valence-electron chi connectivity index (χ0n) is 20.6. The Morgan fingerprint density at radius 3 is 2.68 bits per heavy atom. The fourth-order valence-corrected chi connectivity index (χ4v) is 5.14. The van der Waals surface area contributed by atoms with Crippen molar-refractivity contribution in [1.82, 2.24) is 24.9 Å². The lowest BCUT2D eigenvalue weighted by Crippen LogP contribution is -2.42. The van der Waals surface area contributed by atoms with E-state index in [0.29, 0.717) is 30.3 Å². The first kappa shape index (κ1) is 24.1. The van der Waals surface area contributed by atoms with E-state index in [1.54, 1.807) is 27.9 Å². The van der Waals surface area contributed by atoms with Crippen LogP contribution in [0.25, 0.3) is 10.9 Å². The molecule has 0 saturated carbocycles. The maximum Gasteiger partial charge on any atom is 0.416 e. The summed E-state index contributed by atoms with van der Waals surface area (Å²) in [6.45, 7) is 1.82. The smallest absolute Gasteiger partial charge is 0.416 e. The number of hydrogen-bond donors (Lipinski definition) is 1. The third-order valence-corrected chi connectivity index (χ3v) is 6.98. The number of aromatic amines is 1. The molecule has 1 aliphatic heterocycles. The quantitative estimate of drug-likeness (QED) is 0.261. The molecule has 0 bridgehead atoms. The van der Waals surface area contributed by atoms with Gasteiger partial charge < -0.3 is 14.5 Å². The van der Waals surface area contributed by atoms with E-state index in [1.165, 1.54) is 5.56 Å². The van der Waals surface area contributed by atoms with E-state index in [-0.39, 0.29) is 6.04 Å². The predicted octanol–water partition coefficient (Wildman–Crippen LogP) is 6.03. The van der Waals surface area contributed by atoms with E-state index >= 15 is 0 Å². The van der Waals surface area contributed by atoms with Gasteiger partial charge in [-0.05, 0) is 60.0 Å². The minimum absolute atomic E-state index is 0.345. The first-order chi connectivity index (χ1) is 18.7. The van der Waals surface area contributed by atoms with E-state index < -0.39 is 6.09 Å². The molecule has 9 heteroatoms. The summed E-state index contributed by atoms with van der Waals surface area (Å²) in [6.07, 6.45) is 4.62. The number of carbonyl (C=O) groups excluding carboxylic acids is 1. The number of aromatic nitrogens is 4. The van der Waals surface area contributed by atoms with Crippen molar-refractivity contribution < 1.29 is 14.3 Å². The molecule has 1 amide bonds. The van der Waals surface area contributed by atoms with E-state index in [0.717, 1.165) is 40.9 Å². The van der Waals surface area contributed by atoms with Gasteiger partial charge in [0.05, 0.1) is 12.8 Å². The number of nitrogens with one attached hydrogen (secondary N) is 1. The number of halogens is 1. The molecule has 3 aromatic carbocycles. The molecule has 0 radical (unpaired) electrons. The Morgan fingerprint density at radius 1 is 1.05 bits per heavy atom. The molecule has 1 atom stereocenters. The Bertz CT molecular complexity index is 1530. The van der Waals surface area contributed by atoms with Crippen LogP contribution in [0.2, 0.25) is 5.02 Å². The van der Waals surface area contributed by atoms with Gasteiger partial charge in [-0.25, -0.2) is 4.79 Å². The molecule has 6 rings (SSSR count). The number of rotatable bonds is 7. The highest BCUT2D eigenvalue weighted by Gasteiger charge is 2.35. The number of para-hydroxylation sites is 1. The average molecular weight is 528 g/mol. The molecule has 5 aromatic rings. The van der Waals surface area contributed by atoms with Crippen molar-refractivity contribution in [3.63, 3.8) is 0 Å². The third-order valence-electron chi connectivity index (χ3n) is 6.74. The van der Waals surface area contributed by atoms with Crippen LogP contribution in [0.1, 0.15) is 29.3 Å². The number of ether oxygens (including phenoxy) is 2. The topological polar surface area (TPSA) is 85.3 Å². The molecule has 1 unspecified atom stereocenters. The number of aryl methyl sites for hydroxylation is 1. The van der Waals surface area contributed by atoms with Gasteiger partial charge in [0, 0.05) is 47.3 Å². The zero-order valence-corrected chi connectivity index (χ0v) is 21.3. The monoisotopic (exact) mass is 527 g/mol. The van der Waals surface area contributed by atoms with Crippen molar-refractivity contribution >= 4 is 28.6 Å². The Balaban J connectivity index is 1.26. The number of fused-ring (bicyclic) bond motifs is 3. The minimum atomic E-state index is -0.392. The second kappa shape index (κ2) is 10.6. The Morgan fingerprint density at radius 2 is 1.89 bits per heavy atom. The van der Waals surface area contributed by atoms with Crippen LogP contribution >= 0.6 is 11.6 Å². The van der Waals surface area contributed by atoms with Crippen molar-refractivity contribution in [2.75, 3.05) is 13.2 Å². The molecule has 0 fully saturated rings. The summed E-state index contributed by atoms with van der Waals surface area (Å²) >= 11 is 6.32. The molecule has 192 valence electrons. The van der Waals surface area contributed by atoms with E-state index in [1.807, 2.05) is 66.9 Å². The molecule has 8 nitrogen and oxygen atoms in total. The van der Waals surface area contributed by atoms with Crippen LogP contribution in [0, 0.1) is 0 Å². The number of benzene rings is 3. The fourth-order valence-electron chi connectivity index (χ4n) is 4.97. The summed E-state index contributed by atoms with van der Waals surface area (Å²) in [6, 6.07) is 22.5. The van der Waals surface area contributed by atoms with E-state index in [9.17, 15) is 4.79 Å². The highest BCUT2D eigenvalue weighted by Crippen LogP contribution is 2.40. The molecule has 0 spiro atoms. The number of H-pyrrole nitrogens is 1. The molecule has 1 aliphatic rings. The van der Waals surface area contributed by atoms with Crippen LogP contribution in [0.15, 0.2) is 85.2 Å². The van der Waals surface area contributed by atoms with Crippen LogP contribution in [0.4, 0.5) is 4.79 Å². The fraction of sp³-hybridized carbons (Fsp3) is 0.207. The molecule has 2 aromatic heterocycles. The van der Waals surface area contributed by atoms with Gasteiger partial charge in [0.25, 0.3) is 0 Å². The van der Waals surface area contributed by atoms with Crippen LogP contribution in [-0.4, -0.2) is 44.1 Å². The summed E-state index contributed by atoms with van der Waals surface area (Å²) in [4.78, 5) is 18.7. The van der Waals surface area contributed by atoms with Crippen LogP contribution < -0.4 is 9.47 Å². The standard InChI is InChI=1S/C29H26ClN5O3/c30-21-9-12-26-25(19-21)24-13-16-35(29(36)38-23-5-2-1-3-6-23)28(27(24)32-26)20-7-10-22(11-8-20)37-18-4-15-34-17-14-31-33-34/h1-3,5-12,14,17,19,28,32H,4,13,15-16,18H2. The van der Waals surface area contributed by atoms with Crippen molar-refractivity contribution in [3.8, 4) is 11.5 Å². The SMILES string of the molecule is O=C(Oc1ccccc1)N1CCc2c([nH]c3ccc(Cl)cc23)C1c1ccc(OCCCn2ccnn2)cc1. The predicted molar refractivity (Wildman–Crippen MR) is 145 cm³/mol. The van der Waals surface area contributed by atoms with Gasteiger partial charge in [0.2, 0.25) is 0 Å². The maximum absolute atomic E-state index is 13.4. The maximum atomic E-state index is 13.4. The molecule has 38 heavy (non-hydrogen) atoms. The van der Waals surface area contributed by atoms with Crippen molar-refractivity contribution in [2.45, 2.75) is 25.4 Å². The van der Waals surface area contributed by atoms with Gasteiger partial charge in [-0.1, -0.05) is 47.1 Å². The summed E-state index contributed by atoms with van der Waals surface area (Å²) in [5.74, 6) is 1.28. The second-order valence-corrected chi connectivity index (χ2v) is 9.61. The molecule has 0 saturated heterocycles. The number of carbonyl (C=O) groups is 1. The number of amides is 1. The largest absolute Gasteiger partial charge is 0.494 e. The van der Waals surface area contributed by atoms with Gasteiger partial charge in [0.1, 0.15) is 17.5 Å². The van der Waals surface area contributed by atoms with E-state index in [2.05, 4.69) is 15.3 Å². The molecule has 1 N–H and O–H groups in total. The first-order valence-electron chi connectivity index (χ1n) is 12.6. The molecule has 3 heterocycles. The Hall–Kier alpha value is -4.30. The summed E-state index contributed by atoms with van der Waals surface area (Å²) in [5, 5.41) is 9.56. The van der Waals surface area contributed by atoms with Crippen LogP contribution in [-0.2, 0) is 13.0 Å². The van der Waals surface area contributed by atoms with E-state index in [4.69, 9.17) is 21.1 Å². The number of hydrogen-bond acceptors (Lipinski definition) is 5. The second-order valence-electron chi connectivity index (χ2n) is 9.17. The lowest BCUT2D eigenvalue weighted by molar-refractivity contribution is 0.135. The highest BCUT2D eigenvalue weighted by molar-refractivity contribution is 6.31. The molecular weight excluding hydrogens is 502 g/mol. The summed E-state index contributed by atoms with van der Waals surface area (Å²) < 4.78 is 13.5. The normalized spacial score (nSPS) is 14.9. The summed E-state index contributed by atoms with van der Waals surface area (Å²) in [5.41, 5.74) is 4.10. The lowest BCUT2D eigenvalue weighted by Gasteiger charge is -2.35. The van der Waals surface area contributed by atoms with Crippen molar-refractivity contribution in [1.29, 1.82) is 0 Å². The van der Waals surface area contributed by atoms with Gasteiger partial charge in [0.15, 0.2) is 0 Å². The Kier molecular flexibility index (Phi) is 6.71.